The van der Waals surface area contributed by atoms with Crippen molar-refractivity contribution in [2.24, 2.45) is 0 Å². The smallest absolute Gasteiger partial charge is 0.251 e. The highest BCUT2D eigenvalue weighted by Gasteiger charge is 2.07. The Kier molecular flexibility index (Phi) is 3.59. The van der Waals surface area contributed by atoms with Crippen LogP contribution in [0.25, 0.3) is 0 Å². The van der Waals surface area contributed by atoms with Crippen LogP contribution >= 0.6 is 0 Å². The molecule has 0 aromatic carbocycles. The number of aliphatic hydroxyl groups excluding tert-OH is 1. The lowest BCUT2D eigenvalue weighted by atomic mass is 10.2. The van der Waals surface area contributed by atoms with Gasteiger partial charge in [0, 0.05) is 17.8 Å². The summed E-state index contributed by atoms with van der Waals surface area (Å²) in [6.07, 6.45) is 1.51. The molecular weight excluding hydrogens is 180 g/mol. The third-order valence-electron chi connectivity index (χ3n) is 1.66. The molecule has 4 heteroatoms. The van der Waals surface area contributed by atoms with Gasteiger partial charge in [0.1, 0.15) is 0 Å². The second kappa shape index (κ2) is 4.72. The van der Waals surface area contributed by atoms with Gasteiger partial charge in [0.05, 0.1) is 12.3 Å². The maximum atomic E-state index is 11.5. The van der Waals surface area contributed by atoms with Crippen LogP contribution in [0.3, 0.4) is 0 Å². The van der Waals surface area contributed by atoms with E-state index in [0.717, 1.165) is 0 Å². The van der Waals surface area contributed by atoms with Crippen molar-refractivity contribution in [2.75, 3.05) is 0 Å². The largest absolute Gasteiger partial charge is 0.390 e. The van der Waals surface area contributed by atoms with Crippen molar-refractivity contribution >= 4 is 5.91 Å². The first-order valence-corrected chi connectivity index (χ1v) is 4.50. The van der Waals surface area contributed by atoms with E-state index in [2.05, 4.69) is 10.3 Å². The first kappa shape index (κ1) is 10.7. The first-order valence-electron chi connectivity index (χ1n) is 4.50. The van der Waals surface area contributed by atoms with Gasteiger partial charge in [-0.25, -0.2) is 0 Å². The van der Waals surface area contributed by atoms with Crippen LogP contribution < -0.4 is 5.32 Å². The van der Waals surface area contributed by atoms with Gasteiger partial charge < -0.3 is 10.4 Å². The van der Waals surface area contributed by atoms with Crippen LogP contribution in [-0.2, 0) is 6.61 Å². The molecule has 0 aliphatic heterocycles. The fourth-order valence-electron chi connectivity index (χ4n) is 1.05. The fourth-order valence-corrected chi connectivity index (χ4v) is 1.05. The summed E-state index contributed by atoms with van der Waals surface area (Å²) in [7, 11) is 0. The highest BCUT2D eigenvalue weighted by molar-refractivity contribution is 5.94. The maximum Gasteiger partial charge on any atom is 0.251 e. The number of rotatable bonds is 3. The maximum absolute atomic E-state index is 11.5. The average Bonchev–Trinajstić information content (AvgIpc) is 2.17. The summed E-state index contributed by atoms with van der Waals surface area (Å²) in [5.41, 5.74) is 1.03. The standard InChI is InChI=1S/C10H14N2O2/c1-7(2)12-10(14)8-3-4-11-9(5-8)6-13/h3-5,7,13H,6H2,1-2H3,(H,12,14). The molecule has 0 aliphatic carbocycles. The van der Waals surface area contributed by atoms with Gasteiger partial charge in [-0.15, -0.1) is 0 Å². The third-order valence-corrected chi connectivity index (χ3v) is 1.66. The molecule has 0 atom stereocenters. The van der Waals surface area contributed by atoms with Crippen molar-refractivity contribution in [2.45, 2.75) is 26.5 Å². The Balaban J connectivity index is 2.79. The van der Waals surface area contributed by atoms with E-state index < -0.39 is 0 Å². The van der Waals surface area contributed by atoms with E-state index in [-0.39, 0.29) is 18.6 Å². The molecule has 1 heterocycles. The van der Waals surface area contributed by atoms with Gasteiger partial charge in [0.2, 0.25) is 0 Å². The summed E-state index contributed by atoms with van der Waals surface area (Å²) in [5, 5.41) is 11.6. The van der Waals surface area contributed by atoms with Crippen molar-refractivity contribution in [1.29, 1.82) is 0 Å². The molecule has 1 aromatic rings. The Hall–Kier alpha value is -1.42. The SMILES string of the molecule is CC(C)NC(=O)c1ccnc(CO)c1. The number of nitrogens with one attached hydrogen (secondary N) is 1. The van der Waals surface area contributed by atoms with Crippen molar-refractivity contribution in [1.82, 2.24) is 10.3 Å². The summed E-state index contributed by atoms with van der Waals surface area (Å²) < 4.78 is 0. The van der Waals surface area contributed by atoms with Crippen LogP contribution in [0, 0.1) is 0 Å². The number of amides is 1. The highest BCUT2D eigenvalue weighted by atomic mass is 16.3. The second-order valence-corrected chi connectivity index (χ2v) is 3.32. The number of carbonyl (C=O) groups is 1. The average molecular weight is 194 g/mol. The predicted molar refractivity (Wildman–Crippen MR) is 52.8 cm³/mol. The van der Waals surface area contributed by atoms with Crippen LogP contribution in [0.2, 0.25) is 0 Å². The second-order valence-electron chi connectivity index (χ2n) is 3.32. The summed E-state index contributed by atoms with van der Waals surface area (Å²) >= 11 is 0. The van der Waals surface area contributed by atoms with E-state index in [4.69, 9.17) is 5.11 Å². The number of hydrogen-bond acceptors (Lipinski definition) is 3. The van der Waals surface area contributed by atoms with Crippen LogP contribution in [0.15, 0.2) is 18.3 Å². The van der Waals surface area contributed by atoms with E-state index in [0.29, 0.717) is 11.3 Å². The number of aliphatic hydroxyl groups is 1. The van der Waals surface area contributed by atoms with Crippen molar-refractivity contribution in [3.8, 4) is 0 Å². The number of carbonyl (C=O) groups excluding carboxylic acids is 1. The third kappa shape index (κ3) is 2.81. The summed E-state index contributed by atoms with van der Waals surface area (Å²) in [6.45, 7) is 3.64. The lowest BCUT2D eigenvalue weighted by Crippen LogP contribution is -2.30. The Morgan fingerprint density at radius 1 is 1.64 bits per heavy atom. The molecule has 0 bridgehead atoms. The molecule has 1 rings (SSSR count). The monoisotopic (exact) mass is 194 g/mol. The summed E-state index contributed by atoms with van der Waals surface area (Å²) in [5.74, 6) is -0.142. The topological polar surface area (TPSA) is 62.2 Å². The van der Waals surface area contributed by atoms with Gasteiger partial charge in [-0.3, -0.25) is 9.78 Å². The van der Waals surface area contributed by atoms with Gasteiger partial charge in [-0.05, 0) is 26.0 Å². The van der Waals surface area contributed by atoms with Crippen LogP contribution in [0.5, 0.6) is 0 Å². The zero-order valence-electron chi connectivity index (χ0n) is 8.32. The molecule has 0 spiro atoms. The molecule has 0 saturated heterocycles. The van der Waals surface area contributed by atoms with Crippen molar-refractivity contribution in [3.63, 3.8) is 0 Å². The number of nitrogens with zero attached hydrogens (tertiary/aromatic N) is 1. The molecule has 0 radical (unpaired) electrons. The molecule has 4 nitrogen and oxygen atoms in total. The van der Waals surface area contributed by atoms with Gasteiger partial charge >= 0.3 is 0 Å². The Morgan fingerprint density at radius 2 is 2.36 bits per heavy atom. The van der Waals surface area contributed by atoms with Crippen LogP contribution in [-0.4, -0.2) is 22.0 Å². The highest BCUT2D eigenvalue weighted by Crippen LogP contribution is 2.02. The molecule has 0 saturated carbocycles. The molecule has 2 N–H and O–H groups in total. The van der Waals surface area contributed by atoms with E-state index >= 15 is 0 Å². The van der Waals surface area contributed by atoms with Crippen molar-refractivity contribution < 1.29 is 9.90 Å². The molecule has 0 aliphatic rings. The number of hydrogen-bond donors (Lipinski definition) is 2. The first-order chi connectivity index (χ1) is 6.63. The molecule has 0 fully saturated rings. The quantitative estimate of drug-likeness (QED) is 0.745. The van der Waals surface area contributed by atoms with Gasteiger partial charge in [-0.2, -0.15) is 0 Å². The number of pyridine rings is 1. The predicted octanol–water partition coefficient (Wildman–Crippen LogP) is 0.712. The van der Waals surface area contributed by atoms with Crippen molar-refractivity contribution in [3.05, 3.63) is 29.6 Å². The van der Waals surface area contributed by atoms with Gasteiger partial charge in [0.15, 0.2) is 0 Å². The summed E-state index contributed by atoms with van der Waals surface area (Å²) in [6, 6.07) is 3.31. The van der Waals surface area contributed by atoms with E-state index in [9.17, 15) is 4.79 Å². The zero-order valence-corrected chi connectivity index (χ0v) is 8.32. The van der Waals surface area contributed by atoms with E-state index in [1.807, 2.05) is 13.8 Å². The fraction of sp³-hybridized carbons (Fsp3) is 0.400. The molecule has 76 valence electrons. The molecular formula is C10H14N2O2. The minimum absolute atomic E-state index is 0.105. The lowest BCUT2D eigenvalue weighted by molar-refractivity contribution is 0.0943. The minimum Gasteiger partial charge on any atom is -0.390 e. The van der Waals surface area contributed by atoms with E-state index in [1.165, 1.54) is 6.20 Å². The summed E-state index contributed by atoms with van der Waals surface area (Å²) in [4.78, 5) is 15.4. The van der Waals surface area contributed by atoms with Crippen LogP contribution in [0.4, 0.5) is 0 Å². The lowest BCUT2D eigenvalue weighted by Gasteiger charge is -2.08. The van der Waals surface area contributed by atoms with Crippen LogP contribution in [0.1, 0.15) is 29.9 Å². The Bertz CT molecular complexity index is 324. The van der Waals surface area contributed by atoms with E-state index in [1.54, 1.807) is 12.1 Å². The molecule has 14 heavy (non-hydrogen) atoms. The molecule has 0 unspecified atom stereocenters. The van der Waals surface area contributed by atoms with Gasteiger partial charge in [-0.1, -0.05) is 0 Å². The number of aromatic nitrogens is 1. The Morgan fingerprint density at radius 3 is 2.93 bits per heavy atom. The minimum atomic E-state index is -0.150. The van der Waals surface area contributed by atoms with Gasteiger partial charge in [0.25, 0.3) is 5.91 Å². The normalized spacial score (nSPS) is 10.3. The molecule has 1 amide bonds. The Labute approximate surface area is 83.0 Å². The zero-order chi connectivity index (χ0) is 10.6. The molecule has 1 aromatic heterocycles.